The molecule has 8 heteroatoms. The first-order valence-corrected chi connectivity index (χ1v) is 10.0. The first-order valence-electron chi connectivity index (χ1n) is 8.22. The summed E-state index contributed by atoms with van der Waals surface area (Å²) >= 11 is 0. The summed E-state index contributed by atoms with van der Waals surface area (Å²) in [7, 11) is -3.05. The minimum absolute atomic E-state index is 0.0559. The van der Waals surface area contributed by atoms with Gasteiger partial charge >= 0.3 is 0 Å². The number of anilines is 1. The summed E-state index contributed by atoms with van der Waals surface area (Å²) in [5, 5.41) is 16.9. The molecule has 3 heterocycles. The van der Waals surface area contributed by atoms with E-state index in [9.17, 15) is 18.3 Å². The van der Waals surface area contributed by atoms with Crippen molar-refractivity contribution in [1.29, 1.82) is 0 Å². The zero-order chi connectivity index (χ0) is 17.8. The van der Waals surface area contributed by atoms with Crippen LogP contribution < -0.4 is 5.32 Å². The monoisotopic (exact) mass is 361 g/mol. The predicted molar refractivity (Wildman–Crippen MR) is 92.5 cm³/mol. The average Bonchev–Trinajstić information content (AvgIpc) is 3.07. The summed E-state index contributed by atoms with van der Waals surface area (Å²) in [5.74, 6) is 0.714. The lowest BCUT2D eigenvalue weighted by molar-refractivity contribution is -0.116. The number of aryl methyl sites for hydroxylation is 1. The summed E-state index contributed by atoms with van der Waals surface area (Å²) in [6.07, 6.45) is 0.808. The minimum Gasteiger partial charge on any atom is -0.508 e. The molecular weight excluding hydrogens is 342 g/mol. The van der Waals surface area contributed by atoms with Crippen LogP contribution >= 0.6 is 0 Å². The van der Waals surface area contributed by atoms with Gasteiger partial charge in [0.2, 0.25) is 5.91 Å². The molecule has 2 atom stereocenters. The Balaban J connectivity index is 1.79. The maximum absolute atomic E-state index is 12.3. The van der Waals surface area contributed by atoms with Gasteiger partial charge in [-0.1, -0.05) is 12.1 Å². The number of carbonyl (C=O) groups is 1. The van der Waals surface area contributed by atoms with Gasteiger partial charge in [-0.2, -0.15) is 5.10 Å². The Hall–Kier alpha value is -2.35. The number of nitrogens with zero attached hydrogens (tertiary/aromatic N) is 2. The molecule has 1 saturated heterocycles. The van der Waals surface area contributed by atoms with Crippen molar-refractivity contribution in [3.8, 4) is 5.75 Å². The van der Waals surface area contributed by atoms with E-state index in [0.717, 1.165) is 16.8 Å². The van der Waals surface area contributed by atoms with Crippen LogP contribution in [0.1, 0.15) is 41.6 Å². The molecule has 0 saturated carbocycles. The van der Waals surface area contributed by atoms with Crippen LogP contribution in [0.2, 0.25) is 0 Å². The fourth-order valence-electron chi connectivity index (χ4n) is 3.80. The zero-order valence-electron chi connectivity index (χ0n) is 13.8. The molecule has 2 N–H and O–H groups in total. The Morgan fingerprint density at radius 1 is 1.28 bits per heavy atom. The van der Waals surface area contributed by atoms with Gasteiger partial charge in [0.25, 0.3) is 0 Å². The summed E-state index contributed by atoms with van der Waals surface area (Å²) in [6, 6.07) is 6.57. The largest absolute Gasteiger partial charge is 0.508 e. The molecule has 25 heavy (non-hydrogen) atoms. The van der Waals surface area contributed by atoms with Crippen molar-refractivity contribution in [2.45, 2.75) is 31.7 Å². The molecule has 2 aromatic rings. The average molecular weight is 361 g/mol. The highest BCUT2D eigenvalue weighted by Gasteiger charge is 2.37. The molecule has 7 nitrogen and oxygen atoms in total. The number of carbonyl (C=O) groups excluding carboxylic acids is 1. The zero-order valence-corrected chi connectivity index (χ0v) is 14.6. The Labute approximate surface area is 145 Å². The van der Waals surface area contributed by atoms with Gasteiger partial charge in [0.1, 0.15) is 11.6 Å². The summed E-state index contributed by atoms with van der Waals surface area (Å²) in [4.78, 5) is 12.3. The standard InChI is InChI=1S/C17H19N3O4S/c1-10-16-14(11-2-4-13(21)5-3-11)8-15(22)18-17(16)20(19-10)12-6-7-25(23,24)9-12/h2-5,12,14,21H,6-9H2,1H3,(H,18,22)/t12-,14-/m1/s1. The van der Waals surface area contributed by atoms with Crippen LogP contribution in [0, 0.1) is 6.92 Å². The van der Waals surface area contributed by atoms with Crippen LogP contribution in [-0.2, 0) is 14.6 Å². The van der Waals surface area contributed by atoms with E-state index in [1.54, 1.807) is 28.9 Å². The number of hydrogen-bond donors (Lipinski definition) is 2. The third kappa shape index (κ3) is 2.80. The Kier molecular flexibility index (Phi) is 3.61. The molecule has 2 aliphatic rings. The molecule has 1 amide bonds. The van der Waals surface area contributed by atoms with Gasteiger partial charge in [-0.05, 0) is 31.0 Å². The summed E-state index contributed by atoms with van der Waals surface area (Å²) in [6.45, 7) is 1.88. The number of aromatic hydroxyl groups is 1. The number of benzene rings is 1. The number of hydrogen-bond acceptors (Lipinski definition) is 5. The number of phenolic OH excluding ortho intramolecular Hbond substituents is 1. The molecule has 132 valence electrons. The van der Waals surface area contributed by atoms with Gasteiger partial charge in [-0.15, -0.1) is 0 Å². The van der Waals surface area contributed by atoms with Crippen molar-refractivity contribution in [1.82, 2.24) is 9.78 Å². The number of aromatic nitrogens is 2. The highest BCUT2D eigenvalue weighted by molar-refractivity contribution is 7.91. The van der Waals surface area contributed by atoms with Crippen LogP contribution in [0.4, 0.5) is 5.82 Å². The second-order valence-electron chi connectivity index (χ2n) is 6.75. The first-order chi connectivity index (χ1) is 11.8. The van der Waals surface area contributed by atoms with Gasteiger partial charge in [0, 0.05) is 17.9 Å². The maximum atomic E-state index is 12.3. The van der Waals surface area contributed by atoms with E-state index in [1.807, 2.05) is 6.92 Å². The van der Waals surface area contributed by atoms with Gasteiger partial charge in [-0.3, -0.25) is 4.79 Å². The number of amides is 1. The lowest BCUT2D eigenvalue weighted by Crippen LogP contribution is -2.26. The highest BCUT2D eigenvalue weighted by atomic mass is 32.2. The smallest absolute Gasteiger partial charge is 0.226 e. The van der Waals surface area contributed by atoms with Crippen molar-refractivity contribution in [2.24, 2.45) is 0 Å². The van der Waals surface area contributed by atoms with E-state index in [0.29, 0.717) is 18.7 Å². The minimum atomic E-state index is -3.05. The molecule has 0 aliphatic carbocycles. The molecule has 0 spiro atoms. The van der Waals surface area contributed by atoms with E-state index in [4.69, 9.17) is 0 Å². The molecule has 0 unspecified atom stereocenters. The third-order valence-corrected chi connectivity index (χ3v) is 6.73. The number of rotatable bonds is 2. The van der Waals surface area contributed by atoms with E-state index in [2.05, 4.69) is 10.4 Å². The number of fused-ring (bicyclic) bond motifs is 1. The molecule has 0 bridgehead atoms. The molecule has 1 fully saturated rings. The maximum Gasteiger partial charge on any atom is 0.226 e. The van der Waals surface area contributed by atoms with E-state index < -0.39 is 9.84 Å². The SMILES string of the molecule is Cc1nn([C@@H]2CCS(=O)(=O)C2)c2c1[C@@H](c1ccc(O)cc1)CC(=O)N2. The highest BCUT2D eigenvalue weighted by Crippen LogP contribution is 2.41. The Morgan fingerprint density at radius 3 is 2.64 bits per heavy atom. The van der Waals surface area contributed by atoms with Gasteiger partial charge in [0.15, 0.2) is 9.84 Å². The normalized spacial score (nSPS) is 24.8. The Morgan fingerprint density at radius 2 is 2.00 bits per heavy atom. The van der Waals surface area contributed by atoms with Crippen LogP contribution in [0.25, 0.3) is 0 Å². The molecule has 1 aromatic heterocycles. The van der Waals surface area contributed by atoms with Crippen molar-refractivity contribution < 1.29 is 18.3 Å². The molecule has 2 aliphatic heterocycles. The van der Waals surface area contributed by atoms with Gasteiger partial charge in [0.05, 0.1) is 23.2 Å². The van der Waals surface area contributed by atoms with Crippen molar-refractivity contribution in [3.63, 3.8) is 0 Å². The van der Waals surface area contributed by atoms with E-state index >= 15 is 0 Å². The Bertz CT molecular complexity index is 947. The number of sulfone groups is 1. The second kappa shape index (κ2) is 5.59. The second-order valence-corrected chi connectivity index (χ2v) is 8.97. The molecule has 4 rings (SSSR count). The van der Waals surface area contributed by atoms with Crippen LogP contribution in [0.15, 0.2) is 24.3 Å². The lowest BCUT2D eigenvalue weighted by Gasteiger charge is -2.25. The number of phenols is 1. The molecule has 0 radical (unpaired) electrons. The molecule has 1 aromatic carbocycles. The van der Waals surface area contributed by atoms with Gasteiger partial charge < -0.3 is 10.4 Å². The van der Waals surface area contributed by atoms with Crippen LogP contribution in [0.5, 0.6) is 5.75 Å². The van der Waals surface area contributed by atoms with Crippen molar-refractivity contribution >= 4 is 21.6 Å². The van der Waals surface area contributed by atoms with Crippen molar-refractivity contribution in [2.75, 3.05) is 16.8 Å². The predicted octanol–water partition coefficient (Wildman–Crippen LogP) is 1.73. The number of nitrogens with one attached hydrogen (secondary N) is 1. The summed E-state index contributed by atoms with van der Waals surface area (Å²) in [5.41, 5.74) is 2.64. The van der Waals surface area contributed by atoms with Crippen LogP contribution in [0.3, 0.4) is 0 Å². The third-order valence-electron chi connectivity index (χ3n) is 4.98. The van der Waals surface area contributed by atoms with Crippen molar-refractivity contribution in [3.05, 3.63) is 41.1 Å². The van der Waals surface area contributed by atoms with E-state index in [1.165, 1.54) is 0 Å². The summed E-state index contributed by atoms with van der Waals surface area (Å²) < 4.78 is 25.3. The van der Waals surface area contributed by atoms with Crippen LogP contribution in [-0.4, -0.2) is 40.7 Å². The first kappa shape index (κ1) is 16.1. The quantitative estimate of drug-likeness (QED) is 0.848. The topological polar surface area (TPSA) is 101 Å². The fourth-order valence-corrected chi connectivity index (χ4v) is 5.49. The fraction of sp³-hybridized carbons (Fsp3) is 0.412. The van der Waals surface area contributed by atoms with E-state index in [-0.39, 0.29) is 35.1 Å². The molecular formula is C17H19N3O4S. The van der Waals surface area contributed by atoms with Gasteiger partial charge in [-0.25, -0.2) is 13.1 Å². The lowest BCUT2D eigenvalue weighted by atomic mass is 9.86.